The van der Waals surface area contributed by atoms with Gasteiger partial charge in [-0.15, -0.1) is 0 Å². The van der Waals surface area contributed by atoms with E-state index in [-0.39, 0.29) is 6.10 Å². The Hall–Kier alpha value is -2.57. The van der Waals surface area contributed by atoms with Gasteiger partial charge >= 0.3 is 12.1 Å². The van der Waals surface area contributed by atoms with Crippen LogP contribution in [0.25, 0.3) is 0 Å². The third kappa shape index (κ3) is 4.24. The van der Waals surface area contributed by atoms with Gasteiger partial charge in [-0.3, -0.25) is 4.79 Å². The van der Waals surface area contributed by atoms with E-state index in [1.807, 2.05) is 0 Å². The molecule has 0 saturated carbocycles. The lowest BCUT2D eigenvalue weighted by Crippen LogP contribution is -2.47. The van der Waals surface area contributed by atoms with Crippen LogP contribution in [0.4, 0.5) is 4.79 Å². The smallest absolute Gasteiger partial charge is 0.408 e. The zero-order valence-corrected chi connectivity index (χ0v) is 13.8. The molecule has 2 unspecified atom stereocenters. The molecule has 2 atom stereocenters. The number of nitrogens with one attached hydrogen (secondary N) is 1. The van der Waals surface area contributed by atoms with Gasteiger partial charge in [0.05, 0.1) is 6.10 Å². The average molecular weight is 334 g/mol. The van der Waals surface area contributed by atoms with E-state index in [0.717, 1.165) is 0 Å². The Morgan fingerprint density at radius 1 is 1.25 bits per heavy atom. The number of hydrogen-bond donors (Lipinski definition) is 2. The monoisotopic (exact) mass is 334 g/mol. The van der Waals surface area contributed by atoms with Crippen LogP contribution in [-0.2, 0) is 14.3 Å². The fourth-order valence-electron chi connectivity index (χ4n) is 2.75. The van der Waals surface area contributed by atoms with Crippen molar-refractivity contribution in [1.29, 1.82) is 0 Å². The second kappa shape index (κ2) is 7.81. The standard InChI is InChI=1S/C17H22N2O5/c1-11(2)24-17(23)18-14(12-7-4-3-5-8-12)15(20)19-10-6-9-13(19)16(21)22/h3-5,7-8,11,13-14H,6,9-10H2,1-2H3,(H,18,23)(H,21,22). The molecule has 1 aliphatic rings. The molecule has 1 saturated heterocycles. The molecule has 1 aromatic carbocycles. The van der Waals surface area contributed by atoms with E-state index in [1.165, 1.54) is 4.90 Å². The number of aliphatic carboxylic acids is 1. The van der Waals surface area contributed by atoms with Crippen molar-refractivity contribution in [3.63, 3.8) is 0 Å². The molecule has 0 bridgehead atoms. The van der Waals surface area contributed by atoms with Gasteiger partial charge in [0, 0.05) is 6.54 Å². The van der Waals surface area contributed by atoms with Crippen LogP contribution in [0.1, 0.15) is 38.3 Å². The molecule has 2 N–H and O–H groups in total. The topological polar surface area (TPSA) is 95.9 Å². The van der Waals surface area contributed by atoms with Crippen molar-refractivity contribution in [2.24, 2.45) is 0 Å². The van der Waals surface area contributed by atoms with Crippen molar-refractivity contribution in [2.45, 2.75) is 44.9 Å². The number of amides is 2. The van der Waals surface area contributed by atoms with E-state index in [9.17, 15) is 19.5 Å². The molecule has 2 amide bonds. The lowest BCUT2D eigenvalue weighted by atomic mass is 10.1. The molecule has 0 spiro atoms. The van der Waals surface area contributed by atoms with Gasteiger partial charge in [0.25, 0.3) is 5.91 Å². The Balaban J connectivity index is 2.23. The van der Waals surface area contributed by atoms with Crippen molar-refractivity contribution in [2.75, 3.05) is 6.54 Å². The summed E-state index contributed by atoms with van der Waals surface area (Å²) in [5.74, 6) is -1.47. The zero-order chi connectivity index (χ0) is 17.7. The number of carbonyl (C=O) groups is 3. The lowest BCUT2D eigenvalue weighted by molar-refractivity contribution is -0.149. The quantitative estimate of drug-likeness (QED) is 0.858. The Kier molecular flexibility index (Phi) is 5.78. The van der Waals surface area contributed by atoms with Crippen LogP contribution >= 0.6 is 0 Å². The molecular weight excluding hydrogens is 312 g/mol. The number of nitrogens with zero attached hydrogens (tertiary/aromatic N) is 1. The summed E-state index contributed by atoms with van der Waals surface area (Å²) in [5, 5.41) is 11.8. The van der Waals surface area contributed by atoms with Gasteiger partial charge in [-0.25, -0.2) is 9.59 Å². The second-order valence-electron chi connectivity index (χ2n) is 5.97. The third-order valence-corrected chi connectivity index (χ3v) is 3.81. The van der Waals surface area contributed by atoms with Gasteiger partial charge < -0.3 is 20.1 Å². The minimum Gasteiger partial charge on any atom is -0.480 e. The molecule has 7 nitrogen and oxygen atoms in total. The predicted molar refractivity (Wildman–Crippen MR) is 86.3 cm³/mol. The van der Waals surface area contributed by atoms with Crippen molar-refractivity contribution in [3.05, 3.63) is 35.9 Å². The number of carbonyl (C=O) groups excluding carboxylic acids is 2. The summed E-state index contributed by atoms with van der Waals surface area (Å²) in [6, 6.07) is 6.90. The van der Waals surface area contributed by atoms with E-state index in [1.54, 1.807) is 44.2 Å². The summed E-state index contributed by atoms with van der Waals surface area (Å²) in [7, 11) is 0. The van der Waals surface area contributed by atoms with E-state index in [4.69, 9.17) is 4.74 Å². The van der Waals surface area contributed by atoms with E-state index in [0.29, 0.717) is 24.9 Å². The highest BCUT2D eigenvalue weighted by molar-refractivity contribution is 5.90. The summed E-state index contributed by atoms with van der Waals surface area (Å²) < 4.78 is 5.05. The van der Waals surface area contributed by atoms with Gasteiger partial charge in [0.15, 0.2) is 0 Å². The van der Waals surface area contributed by atoms with Crippen LogP contribution in [0.3, 0.4) is 0 Å². The molecule has 0 aromatic heterocycles. The fraction of sp³-hybridized carbons (Fsp3) is 0.471. The number of benzene rings is 1. The van der Waals surface area contributed by atoms with Crippen molar-refractivity contribution in [3.8, 4) is 0 Å². The minimum atomic E-state index is -1.03. The highest BCUT2D eigenvalue weighted by atomic mass is 16.6. The zero-order valence-electron chi connectivity index (χ0n) is 13.8. The maximum Gasteiger partial charge on any atom is 0.408 e. The van der Waals surface area contributed by atoms with Crippen LogP contribution in [0, 0.1) is 0 Å². The minimum absolute atomic E-state index is 0.324. The van der Waals surface area contributed by atoms with Gasteiger partial charge in [-0.1, -0.05) is 30.3 Å². The van der Waals surface area contributed by atoms with Gasteiger partial charge in [0.1, 0.15) is 12.1 Å². The molecule has 0 aliphatic carbocycles. The fourth-order valence-corrected chi connectivity index (χ4v) is 2.75. The average Bonchev–Trinajstić information content (AvgIpc) is 3.02. The van der Waals surface area contributed by atoms with Crippen LogP contribution < -0.4 is 5.32 Å². The summed E-state index contributed by atoms with van der Waals surface area (Å²) >= 11 is 0. The largest absolute Gasteiger partial charge is 0.480 e. The van der Waals surface area contributed by atoms with Crippen molar-refractivity contribution < 1.29 is 24.2 Å². The maximum atomic E-state index is 12.9. The van der Waals surface area contributed by atoms with Crippen molar-refractivity contribution >= 4 is 18.0 Å². The van der Waals surface area contributed by atoms with Gasteiger partial charge in [-0.05, 0) is 32.3 Å². The first-order valence-corrected chi connectivity index (χ1v) is 7.95. The summed E-state index contributed by atoms with van der Waals surface area (Å²) in [6.07, 6.45) is 0.00742. The molecule has 2 rings (SSSR count). The molecular formula is C17H22N2O5. The molecule has 24 heavy (non-hydrogen) atoms. The van der Waals surface area contributed by atoms with E-state index >= 15 is 0 Å². The van der Waals surface area contributed by atoms with Crippen LogP contribution in [0.2, 0.25) is 0 Å². The molecule has 130 valence electrons. The normalized spacial score (nSPS) is 18.3. The highest BCUT2D eigenvalue weighted by Crippen LogP contribution is 2.24. The molecule has 1 aliphatic heterocycles. The first-order chi connectivity index (χ1) is 11.4. The number of ether oxygens (including phenoxy) is 1. The highest BCUT2D eigenvalue weighted by Gasteiger charge is 2.38. The first-order valence-electron chi connectivity index (χ1n) is 7.95. The number of carboxylic acids is 1. The van der Waals surface area contributed by atoms with E-state index < -0.39 is 30.1 Å². The molecule has 1 heterocycles. The Bertz CT molecular complexity index is 602. The SMILES string of the molecule is CC(C)OC(=O)NC(C(=O)N1CCCC1C(=O)O)c1ccccc1. The number of alkyl carbamates (subject to hydrolysis) is 1. The summed E-state index contributed by atoms with van der Waals surface area (Å²) in [6.45, 7) is 3.78. The first kappa shape index (κ1) is 17.8. The Morgan fingerprint density at radius 2 is 1.92 bits per heavy atom. The Labute approximate surface area is 140 Å². The third-order valence-electron chi connectivity index (χ3n) is 3.81. The van der Waals surface area contributed by atoms with Crippen LogP contribution in [-0.4, -0.2) is 46.7 Å². The van der Waals surface area contributed by atoms with Crippen molar-refractivity contribution in [1.82, 2.24) is 10.2 Å². The number of rotatable bonds is 5. The number of carboxylic acid groups (broad SMARTS) is 1. The summed E-state index contributed by atoms with van der Waals surface area (Å²) in [5.41, 5.74) is 0.583. The second-order valence-corrected chi connectivity index (χ2v) is 5.97. The van der Waals surface area contributed by atoms with Crippen LogP contribution in [0.5, 0.6) is 0 Å². The molecule has 7 heteroatoms. The number of hydrogen-bond acceptors (Lipinski definition) is 4. The maximum absolute atomic E-state index is 12.9. The Morgan fingerprint density at radius 3 is 2.50 bits per heavy atom. The van der Waals surface area contributed by atoms with Gasteiger partial charge in [0.2, 0.25) is 0 Å². The predicted octanol–water partition coefficient (Wildman–Crippen LogP) is 1.94. The molecule has 0 radical (unpaired) electrons. The lowest BCUT2D eigenvalue weighted by Gasteiger charge is -2.27. The van der Waals surface area contributed by atoms with Gasteiger partial charge in [-0.2, -0.15) is 0 Å². The molecule has 1 aromatic rings. The summed E-state index contributed by atoms with van der Waals surface area (Å²) in [4.78, 5) is 37.5. The van der Waals surface area contributed by atoms with Crippen LogP contribution in [0.15, 0.2) is 30.3 Å². The van der Waals surface area contributed by atoms with E-state index in [2.05, 4.69) is 5.32 Å². The number of likely N-dealkylation sites (tertiary alicyclic amines) is 1. The molecule has 1 fully saturated rings.